The number of hydrogen-bond acceptors (Lipinski definition) is 7. The molecular formula is C18H21NO5S2. The number of hydrogen-bond donors (Lipinski definition) is 1. The van der Waals surface area contributed by atoms with Gasteiger partial charge in [0, 0.05) is 4.88 Å². The fourth-order valence-electron chi connectivity index (χ4n) is 2.38. The molecule has 0 aliphatic rings. The molecule has 1 amide bonds. The smallest absolute Gasteiger partial charge is 0.349 e. The minimum absolute atomic E-state index is 0.251. The molecule has 0 aliphatic carbocycles. The molecule has 0 saturated carbocycles. The molecule has 1 N–H and O–H groups in total. The average Bonchev–Trinajstić information content (AvgIpc) is 3.16. The number of amides is 1. The first-order chi connectivity index (χ1) is 12.4. The minimum Gasteiger partial charge on any atom is -0.462 e. The molecule has 0 aromatic carbocycles. The third-order valence-corrected chi connectivity index (χ3v) is 6.03. The van der Waals surface area contributed by atoms with E-state index in [0.29, 0.717) is 15.4 Å². The summed E-state index contributed by atoms with van der Waals surface area (Å²) in [5.41, 5.74) is 1.98. The maximum Gasteiger partial charge on any atom is 0.349 e. The summed E-state index contributed by atoms with van der Waals surface area (Å²) in [6.45, 7) is 7.17. The Morgan fingerprint density at radius 2 is 1.85 bits per heavy atom. The molecule has 140 valence electrons. The van der Waals surface area contributed by atoms with Crippen LogP contribution in [0, 0.1) is 13.8 Å². The first kappa shape index (κ1) is 20.1. The van der Waals surface area contributed by atoms with Crippen LogP contribution in [0.2, 0.25) is 0 Å². The van der Waals surface area contributed by atoms with Crippen LogP contribution >= 0.6 is 22.7 Å². The van der Waals surface area contributed by atoms with E-state index in [-0.39, 0.29) is 6.61 Å². The zero-order valence-electron chi connectivity index (χ0n) is 15.1. The zero-order valence-corrected chi connectivity index (χ0v) is 16.8. The maximum absolute atomic E-state index is 12.2. The Bertz CT molecular complexity index is 822. The predicted molar refractivity (Wildman–Crippen MR) is 102 cm³/mol. The van der Waals surface area contributed by atoms with Gasteiger partial charge in [-0.2, -0.15) is 0 Å². The van der Waals surface area contributed by atoms with Crippen molar-refractivity contribution >= 4 is 45.5 Å². The molecule has 2 rings (SSSR count). The fraction of sp³-hybridized carbons (Fsp3) is 0.389. The first-order valence-corrected chi connectivity index (χ1v) is 9.89. The number of anilines is 1. The Labute approximate surface area is 160 Å². The monoisotopic (exact) mass is 395 g/mol. The SMILES string of the molecule is CCOC(=O)c1c(NC(=O)COC(=O)c2sccc2C)sc(CC)c1C. The highest BCUT2D eigenvalue weighted by atomic mass is 32.1. The predicted octanol–water partition coefficient (Wildman–Crippen LogP) is 3.96. The van der Waals surface area contributed by atoms with Gasteiger partial charge in [0.2, 0.25) is 0 Å². The zero-order chi connectivity index (χ0) is 19.3. The van der Waals surface area contributed by atoms with Crippen molar-refractivity contribution in [2.24, 2.45) is 0 Å². The van der Waals surface area contributed by atoms with E-state index in [1.165, 1.54) is 22.7 Å². The number of nitrogens with one attached hydrogen (secondary N) is 1. The first-order valence-electron chi connectivity index (χ1n) is 8.19. The largest absolute Gasteiger partial charge is 0.462 e. The number of ether oxygens (including phenoxy) is 2. The van der Waals surface area contributed by atoms with Gasteiger partial charge in [0.05, 0.1) is 12.2 Å². The van der Waals surface area contributed by atoms with Crippen molar-refractivity contribution in [1.82, 2.24) is 0 Å². The van der Waals surface area contributed by atoms with Gasteiger partial charge in [-0.15, -0.1) is 22.7 Å². The summed E-state index contributed by atoms with van der Waals surface area (Å²) in [6, 6.07) is 1.81. The van der Waals surface area contributed by atoms with Crippen LogP contribution in [0.3, 0.4) is 0 Å². The van der Waals surface area contributed by atoms with Gasteiger partial charge in [-0.3, -0.25) is 4.79 Å². The van der Waals surface area contributed by atoms with Crippen molar-refractivity contribution in [3.63, 3.8) is 0 Å². The number of aryl methyl sites for hydroxylation is 2. The molecule has 0 bridgehead atoms. The molecule has 26 heavy (non-hydrogen) atoms. The van der Waals surface area contributed by atoms with E-state index in [1.807, 2.05) is 19.9 Å². The van der Waals surface area contributed by atoms with Crippen LogP contribution in [0.4, 0.5) is 5.00 Å². The lowest BCUT2D eigenvalue weighted by atomic mass is 10.1. The van der Waals surface area contributed by atoms with E-state index >= 15 is 0 Å². The van der Waals surface area contributed by atoms with Crippen LogP contribution in [0.15, 0.2) is 11.4 Å². The maximum atomic E-state index is 12.2. The normalized spacial score (nSPS) is 10.5. The number of carbonyl (C=O) groups excluding carboxylic acids is 3. The summed E-state index contributed by atoms with van der Waals surface area (Å²) in [5.74, 6) is -1.50. The highest BCUT2D eigenvalue weighted by molar-refractivity contribution is 7.17. The average molecular weight is 396 g/mol. The number of thiophene rings is 2. The third-order valence-electron chi connectivity index (χ3n) is 3.68. The van der Waals surface area contributed by atoms with Crippen molar-refractivity contribution < 1.29 is 23.9 Å². The summed E-state index contributed by atoms with van der Waals surface area (Å²) < 4.78 is 10.1. The Kier molecular flexibility index (Phi) is 6.93. The summed E-state index contributed by atoms with van der Waals surface area (Å²) in [7, 11) is 0. The van der Waals surface area contributed by atoms with Gasteiger partial charge in [0.25, 0.3) is 5.91 Å². The summed E-state index contributed by atoms with van der Waals surface area (Å²) in [6.07, 6.45) is 0.741. The lowest BCUT2D eigenvalue weighted by molar-refractivity contribution is -0.119. The van der Waals surface area contributed by atoms with E-state index in [9.17, 15) is 14.4 Å². The highest BCUT2D eigenvalue weighted by Gasteiger charge is 2.23. The molecule has 0 unspecified atom stereocenters. The van der Waals surface area contributed by atoms with Gasteiger partial charge in [-0.1, -0.05) is 6.92 Å². The topological polar surface area (TPSA) is 81.7 Å². The van der Waals surface area contributed by atoms with Gasteiger partial charge in [-0.25, -0.2) is 9.59 Å². The molecule has 2 aromatic rings. The second-order valence-electron chi connectivity index (χ2n) is 5.49. The Morgan fingerprint density at radius 1 is 1.12 bits per heavy atom. The molecule has 0 radical (unpaired) electrons. The molecule has 8 heteroatoms. The number of esters is 2. The van der Waals surface area contributed by atoms with Crippen LogP contribution in [0.1, 0.15) is 49.9 Å². The van der Waals surface area contributed by atoms with Gasteiger partial charge in [0.15, 0.2) is 6.61 Å². The summed E-state index contributed by atoms with van der Waals surface area (Å²) in [5, 5.41) is 4.88. The number of rotatable bonds is 7. The van der Waals surface area contributed by atoms with E-state index in [1.54, 1.807) is 19.2 Å². The lowest BCUT2D eigenvalue weighted by Gasteiger charge is -2.08. The van der Waals surface area contributed by atoms with Crippen LogP contribution in [-0.2, 0) is 20.7 Å². The van der Waals surface area contributed by atoms with E-state index < -0.39 is 24.5 Å². The molecule has 0 aliphatic heterocycles. The van der Waals surface area contributed by atoms with Crippen molar-refractivity contribution in [2.75, 3.05) is 18.5 Å². The van der Waals surface area contributed by atoms with E-state index in [4.69, 9.17) is 9.47 Å². The van der Waals surface area contributed by atoms with Crippen LogP contribution in [0.25, 0.3) is 0 Å². The molecule has 6 nitrogen and oxygen atoms in total. The molecule has 0 atom stereocenters. The molecule has 0 saturated heterocycles. The quantitative estimate of drug-likeness (QED) is 0.718. The van der Waals surface area contributed by atoms with Gasteiger partial charge in [0.1, 0.15) is 9.88 Å². The van der Waals surface area contributed by atoms with Crippen molar-refractivity contribution in [1.29, 1.82) is 0 Å². The summed E-state index contributed by atoms with van der Waals surface area (Å²) >= 11 is 2.60. The fourth-order valence-corrected chi connectivity index (χ4v) is 4.34. The number of carbonyl (C=O) groups is 3. The Balaban J connectivity index is 2.07. The summed E-state index contributed by atoms with van der Waals surface area (Å²) in [4.78, 5) is 37.8. The van der Waals surface area contributed by atoms with Gasteiger partial charge >= 0.3 is 11.9 Å². The van der Waals surface area contributed by atoms with Crippen LogP contribution in [-0.4, -0.2) is 31.1 Å². The van der Waals surface area contributed by atoms with Crippen LogP contribution in [0.5, 0.6) is 0 Å². The molecule has 0 spiro atoms. The highest BCUT2D eigenvalue weighted by Crippen LogP contribution is 2.34. The van der Waals surface area contributed by atoms with Gasteiger partial charge < -0.3 is 14.8 Å². The molecule has 2 heterocycles. The molecular weight excluding hydrogens is 374 g/mol. The Morgan fingerprint density at radius 3 is 2.42 bits per heavy atom. The standard InChI is InChI=1S/C18H21NO5S2/c1-5-12-11(4)14(17(21)23-6-2)16(26-12)19-13(20)9-24-18(22)15-10(3)7-8-25-15/h7-8H,5-6,9H2,1-4H3,(H,19,20). The molecule has 2 aromatic heterocycles. The Hall–Kier alpha value is -2.19. The minimum atomic E-state index is -0.533. The van der Waals surface area contributed by atoms with Crippen molar-refractivity contribution in [3.05, 3.63) is 37.9 Å². The van der Waals surface area contributed by atoms with E-state index in [2.05, 4.69) is 5.32 Å². The van der Waals surface area contributed by atoms with Gasteiger partial charge in [-0.05, 0) is 49.8 Å². The molecule has 0 fully saturated rings. The van der Waals surface area contributed by atoms with E-state index in [0.717, 1.165) is 22.4 Å². The third kappa shape index (κ3) is 4.50. The van der Waals surface area contributed by atoms with Crippen molar-refractivity contribution in [2.45, 2.75) is 34.1 Å². The second kappa shape index (κ2) is 8.95. The van der Waals surface area contributed by atoms with Crippen molar-refractivity contribution in [3.8, 4) is 0 Å². The second-order valence-corrected chi connectivity index (χ2v) is 7.51. The lowest BCUT2D eigenvalue weighted by Crippen LogP contribution is -2.21. The van der Waals surface area contributed by atoms with Crippen LogP contribution < -0.4 is 5.32 Å².